The number of hydrogen-bond donors (Lipinski definition) is 1. The van der Waals surface area contributed by atoms with Gasteiger partial charge in [0, 0.05) is 29.3 Å². The molecule has 1 aromatic rings. The van der Waals surface area contributed by atoms with E-state index in [1.165, 1.54) is 5.69 Å². The Morgan fingerprint density at radius 1 is 1.26 bits per heavy atom. The predicted molar refractivity (Wildman–Crippen MR) is 85.8 cm³/mol. The molecular formula is C15H25BrN2O. The Kier molecular flexibility index (Phi) is 6.30. The molecule has 1 unspecified atom stereocenters. The third-order valence-corrected chi connectivity index (χ3v) is 3.95. The summed E-state index contributed by atoms with van der Waals surface area (Å²) in [5.74, 6) is 0. The zero-order valence-electron chi connectivity index (χ0n) is 12.5. The second kappa shape index (κ2) is 7.27. The van der Waals surface area contributed by atoms with Crippen molar-refractivity contribution in [2.75, 3.05) is 32.1 Å². The molecule has 0 fully saturated rings. The summed E-state index contributed by atoms with van der Waals surface area (Å²) in [5, 5.41) is 9.67. The van der Waals surface area contributed by atoms with Gasteiger partial charge in [-0.1, -0.05) is 22.0 Å². The van der Waals surface area contributed by atoms with E-state index in [1.54, 1.807) is 6.92 Å². The van der Waals surface area contributed by atoms with E-state index in [0.29, 0.717) is 6.04 Å². The van der Waals surface area contributed by atoms with Gasteiger partial charge in [-0.2, -0.15) is 0 Å². The predicted octanol–water partition coefficient (Wildman–Crippen LogP) is 3.28. The Balaban J connectivity index is 2.96. The molecule has 2 atom stereocenters. The first kappa shape index (κ1) is 16.5. The maximum absolute atomic E-state index is 9.67. The molecule has 0 heterocycles. The molecule has 0 aromatic heterocycles. The molecule has 1 rings (SSSR count). The maximum Gasteiger partial charge on any atom is 0.0772 e. The summed E-state index contributed by atoms with van der Waals surface area (Å²) in [6, 6.07) is 6.62. The molecule has 4 heteroatoms. The molecule has 0 saturated carbocycles. The van der Waals surface area contributed by atoms with Crippen LogP contribution in [0.1, 0.15) is 32.4 Å². The lowest BCUT2D eigenvalue weighted by Crippen LogP contribution is -2.40. The third-order valence-electron chi connectivity index (χ3n) is 3.27. The van der Waals surface area contributed by atoms with Gasteiger partial charge in [-0.25, -0.2) is 0 Å². The highest BCUT2D eigenvalue weighted by molar-refractivity contribution is 9.10. The largest absolute Gasteiger partial charge is 0.389 e. The second-order valence-electron chi connectivity index (χ2n) is 5.28. The van der Waals surface area contributed by atoms with Gasteiger partial charge in [-0.3, -0.25) is 0 Å². The Morgan fingerprint density at radius 2 is 1.89 bits per heavy atom. The average Bonchev–Trinajstić information content (AvgIpc) is 2.28. The van der Waals surface area contributed by atoms with Crippen molar-refractivity contribution in [2.24, 2.45) is 0 Å². The lowest BCUT2D eigenvalue weighted by Gasteiger charge is -2.32. The van der Waals surface area contributed by atoms with Gasteiger partial charge in [-0.15, -0.1) is 0 Å². The summed E-state index contributed by atoms with van der Waals surface area (Å²) in [4.78, 5) is 4.57. The van der Waals surface area contributed by atoms with Crippen LogP contribution < -0.4 is 4.90 Å². The summed E-state index contributed by atoms with van der Waals surface area (Å²) in [7, 11) is 4.19. The lowest BCUT2D eigenvalue weighted by atomic mass is 10.1. The van der Waals surface area contributed by atoms with Gasteiger partial charge in [0.15, 0.2) is 0 Å². The Bertz CT molecular complexity index is 407. The van der Waals surface area contributed by atoms with Gasteiger partial charge in [0.2, 0.25) is 0 Å². The fourth-order valence-electron chi connectivity index (χ4n) is 2.41. The smallest absolute Gasteiger partial charge is 0.0772 e. The maximum atomic E-state index is 9.67. The van der Waals surface area contributed by atoms with Gasteiger partial charge in [-0.05, 0) is 52.6 Å². The van der Waals surface area contributed by atoms with E-state index in [0.717, 1.165) is 23.1 Å². The van der Waals surface area contributed by atoms with Gasteiger partial charge in [0.05, 0.1) is 6.10 Å². The monoisotopic (exact) mass is 328 g/mol. The number of rotatable bonds is 6. The van der Waals surface area contributed by atoms with Gasteiger partial charge < -0.3 is 14.9 Å². The Labute approximate surface area is 125 Å². The molecular weight excluding hydrogens is 304 g/mol. The molecule has 0 aliphatic carbocycles. The van der Waals surface area contributed by atoms with E-state index >= 15 is 0 Å². The van der Waals surface area contributed by atoms with Gasteiger partial charge in [0.1, 0.15) is 0 Å². The summed E-state index contributed by atoms with van der Waals surface area (Å²) in [5.41, 5.74) is 2.12. The topological polar surface area (TPSA) is 26.7 Å². The van der Waals surface area contributed by atoms with Crippen molar-refractivity contribution in [3.8, 4) is 0 Å². The van der Waals surface area contributed by atoms with Crippen molar-refractivity contribution in [1.82, 2.24) is 4.90 Å². The molecule has 0 saturated heterocycles. The summed E-state index contributed by atoms with van der Waals surface area (Å²) in [6.07, 6.45) is -0.447. The minimum absolute atomic E-state index is 0.447. The highest BCUT2D eigenvalue weighted by Crippen LogP contribution is 2.29. The van der Waals surface area contributed by atoms with E-state index in [9.17, 15) is 5.11 Å². The van der Waals surface area contributed by atoms with Crippen LogP contribution in [0.4, 0.5) is 5.69 Å². The van der Waals surface area contributed by atoms with E-state index in [2.05, 4.69) is 65.8 Å². The van der Waals surface area contributed by atoms with E-state index in [4.69, 9.17) is 0 Å². The Hall–Kier alpha value is -0.580. The number of aliphatic hydroxyl groups is 1. The molecule has 0 aliphatic heterocycles. The number of anilines is 1. The van der Waals surface area contributed by atoms with Crippen molar-refractivity contribution in [3.63, 3.8) is 0 Å². The molecule has 108 valence electrons. The zero-order valence-corrected chi connectivity index (χ0v) is 14.1. The second-order valence-corrected chi connectivity index (χ2v) is 6.13. The molecule has 0 radical (unpaired) electrons. The first-order valence-corrected chi connectivity index (χ1v) is 7.55. The number of likely N-dealkylation sites (N-methyl/N-ethyl adjacent to an activating group) is 2. The van der Waals surface area contributed by atoms with Crippen molar-refractivity contribution >= 4 is 21.6 Å². The SMILES string of the molecule is CCN(c1ccc([C@@H](C)O)c(Br)c1)C(C)CN(C)C. The summed E-state index contributed by atoms with van der Waals surface area (Å²) in [6.45, 7) is 8.17. The molecule has 0 spiro atoms. The van der Waals surface area contributed by atoms with Crippen LogP contribution in [0.3, 0.4) is 0 Å². The van der Waals surface area contributed by atoms with E-state index in [1.807, 2.05) is 6.07 Å². The highest BCUT2D eigenvalue weighted by Gasteiger charge is 2.15. The van der Waals surface area contributed by atoms with Crippen LogP contribution in [0.25, 0.3) is 0 Å². The fraction of sp³-hybridized carbons (Fsp3) is 0.600. The van der Waals surface area contributed by atoms with Crippen molar-refractivity contribution < 1.29 is 5.11 Å². The van der Waals surface area contributed by atoms with Crippen LogP contribution in [0.15, 0.2) is 22.7 Å². The molecule has 19 heavy (non-hydrogen) atoms. The summed E-state index contributed by atoms with van der Waals surface area (Å²) >= 11 is 3.55. The number of hydrogen-bond acceptors (Lipinski definition) is 3. The summed E-state index contributed by atoms with van der Waals surface area (Å²) < 4.78 is 0.968. The van der Waals surface area contributed by atoms with E-state index < -0.39 is 6.10 Å². The van der Waals surface area contributed by atoms with Crippen molar-refractivity contribution in [3.05, 3.63) is 28.2 Å². The number of benzene rings is 1. The average molecular weight is 329 g/mol. The minimum Gasteiger partial charge on any atom is -0.389 e. The lowest BCUT2D eigenvalue weighted by molar-refractivity contribution is 0.198. The van der Waals surface area contributed by atoms with Crippen molar-refractivity contribution in [1.29, 1.82) is 0 Å². The van der Waals surface area contributed by atoms with Crippen LogP contribution >= 0.6 is 15.9 Å². The highest BCUT2D eigenvalue weighted by atomic mass is 79.9. The molecule has 1 aromatic carbocycles. The van der Waals surface area contributed by atoms with Crippen LogP contribution in [0.2, 0.25) is 0 Å². The zero-order chi connectivity index (χ0) is 14.6. The van der Waals surface area contributed by atoms with Gasteiger partial charge in [0.25, 0.3) is 0 Å². The van der Waals surface area contributed by atoms with Crippen LogP contribution in [0, 0.1) is 0 Å². The van der Waals surface area contributed by atoms with Crippen LogP contribution in [0.5, 0.6) is 0 Å². The molecule has 1 N–H and O–H groups in total. The quantitative estimate of drug-likeness (QED) is 0.868. The fourth-order valence-corrected chi connectivity index (χ4v) is 3.11. The first-order valence-electron chi connectivity index (χ1n) is 6.75. The normalized spacial score (nSPS) is 14.5. The minimum atomic E-state index is -0.447. The first-order chi connectivity index (χ1) is 8.86. The molecule has 0 amide bonds. The van der Waals surface area contributed by atoms with Gasteiger partial charge >= 0.3 is 0 Å². The number of nitrogens with zero attached hydrogens (tertiary/aromatic N) is 2. The third kappa shape index (κ3) is 4.48. The standard InChI is InChI=1S/C15H25BrN2O/c1-6-18(11(2)10-17(4)5)13-7-8-14(12(3)19)15(16)9-13/h7-9,11-12,19H,6,10H2,1-5H3/t11?,12-/m1/s1. The van der Waals surface area contributed by atoms with E-state index in [-0.39, 0.29) is 0 Å². The van der Waals surface area contributed by atoms with Crippen LogP contribution in [-0.4, -0.2) is 43.2 Å². The molecule has 0 bridgehead atoms. The van der Waals surface area contributed by atoms with Crippen molar-refractivity contribution in [2.45, 2.75) is 32.9 Å². The molecule has 3 nitrogen and oxygen atoms in total. The number of aliphatic hydroxyl groups excluding tert-OH is 1. The Morgan fingerprint density at radius 3 is 2.32 bits per heavy atom. The number of halogens is 1. The molecule has 0 aliphatic rings. The van der Waals surface area contributed by atoms with Crippen LogP contribution in [-0.2, 0) is 0 Å².